The van der Waals surface area contributed by atoms with E-state index in [4.69, 9.17) is 4.52 Å². The molecule has 0 amide bonds. The van der Waals surface area contributed by atoms with Crippen LogP contribution in [0.5, 0.6) is 0 Å². The normalized spacial score (nSPS) is 20.4. The molecule has 1 aromatic carbocycles. The average molecular weight is 293 g/mol. The Labute approximate surface area is 117 Å². The molecular weight excluding hydrogens is 278 g/mol. The summed E-state index contributed by atoms with van der Waals surface area (Å²) in [5.74, 6) is 0.892. The third kappa shape index (κ3) is 2.23. The van der Waals surface area contributed by atoms with E-state index in [0.29, 0.717) is 29.6 Å². The molecule has 2 aromatic rings. The molecule has 1 saturated heterocycles. The third-order valence-corrected chi connectivity index (χ3v) is 5.32. The highest BCUT2D eigenvalue weighted by atomic mass is 32.2. The molecule has 1 fully saturated rings. The fraction of sp³-hybridized carbons (Fsp3) is 0.385. The Morgan fingerprint density at radius 1 is 1.30 bits per heavy atom. The summed E-state index contributed by atoms with van der Waals surface area (Å²) in [7, 11) is -3.52. The first-order chi connectivity index (χ1) is 9.59. The fourth-order valence-electron chi connectivity index (χ4n) is 2.46. The molecule has 0 N–H and O–H groups in total. The zero-order valence-corrected chi connectivity index (χ0v) is 11.9. The highest BCUT2D eigenvalue weighted by Gasteiger charge is 2.38. The van der Waals surface area contributed by atoms with Gasteiger partial charge in [0.15, 0.2) is 5.82 Å². The quantitative estimate of drug-likeness (QED) is 0.864. The molecule has 0 aliphatic carbocycles. The van der Waals surface area contributed by atoms with Crippen LogP contribution < -0.4 is 0 Å². The van der Waals surface area contributed by atoms with Crippen LogP contribution in [0.2, 0.25) is 0 Å². The Bertz CT molecular complexity index is 697. The van der Waals surface area contributed by atoms with Crippen molar-refractivity contribution in [3.63, 3.8) is 0 Å². The second-order valence-corrected chi connectivity index (χ2v) is 6.65. The van der Waals surface area contributed by atoms with Crippen molar-refractivity contribution >= 4 is 10.0 Å². The Morgan fingerprint density at radius 3 is 2.70 bits per heavy atom. The van der Waals surface area contributed by atoms with Gasteiger partial charge in [0.25, 0.3) is 0 Å². The first-order valence-corrected chi connectivity index (χ1v) is 7.90. The van der Waals surface area contributed by atoms with Crippen LogP contribution in [0.4, 0.5) is 0 Å². The zero-order chi connectivity index (χ0) is 14.2. The summed E-state index contributed by atoms with van der Waals surface area (Å²) >= 11 is 0. The summed E-state index contributed by atoms with van der Waals surface area (Å²) in [5.41, 5.74) is 0. The minimum absolute atomic E-state index is 0.298. The molecule has 0 radical (unpaired) electrons. The van der Waals surface area contributed by atoms with Gasteiger partial charge in [-0.3, -0.25) is 0 Å². The smallest absolute Gasteiger partial charge is 0.243 e. The summed E-state index contributed by atoms with van der Waals surface area (Å²) in [4.78, 5) is 4.46. The maximum absolute atomic E-state index is 12.7. The number of nitrogens with zero attached hydrogens (tertiary/aromatic N) is 3. The summed E-state index contributed by atoms with van der Waals surface area (Å²) in [6.45, 7) is 2.18. The minimum atomic E-state index is -3.52. The van der Waals surface area contributed by atoms with Crippen LogP contribution in [-0.2, 0) is 10.0 Å². The fourth-order valence-corrected chi connectivity index (χ4v) is 4.14. The number of hydrogen-bond acceptors (Lipinski definition) is 5. The Hall–Kier alpha value is -1.73. The maximum atomic E-state index is 12.7. The van der Waals surface area contributed by atoms with Crippen molar-refractivity contribution in [3.05, 3.63) is 42.0 Å². The first kappa shape index (κ1) is 13.3. The number of benzene rings is 1. The van der Waals surface area contributed by atoms with Gasteiger partial charge < -0.3 is 4.52 Å². The molecule has 1 aliphatic heterocycles. The van der Waals surface area contributed by atoms with Crippen molar-refractivity contribution in [1.82, 2.24) is 14.4 Å². The van der Waals surface area contributed by atoms with E-state index >= 15 is 0 Å². The molecule has 1 aliphatic rings. The highest BCUT2D eigenvalue weighted by Crippen LogP contribution is 2.35. The molecule has 0 bridgehead atoms. The SMILES string of the molecule is Cc1nc([C@@H]2CCCN2S(=O)(=O)c2ccccc2)no1. The second kappa shape index (κ2) is 4.99. The first-order valence-electron chi connectivity index (χ1n) is 6.46. The van der Waals surface area contributed by atoms with Gasteiger partial charge in [0.1, 0.15) is 0 Å². The molecule has 3 rings (SSSR count). The average Bonchev–Trinajstić information content (AvgIpc) is 3.08. The summed E-state index contributed by atoms with van der Waals surface area (Å²) in [6, 6.07) is 8.10. The van der Waals surface area contributed by atoms with Crippen molar-refractivity contribution in [3.8, 4) is 0 Å². The molecule has 0 unspecified atom stereocenters. The Balaban J connectivity index is 1.97. The van der Waals surface area contributed by atoms with E-state index in [-0.39, 0.29) is 6.04 Å². The van der Waals surface area contributed by atoms with Crippen LogP contribution in [0.1, 0.15) is 30.6 Å². The molecule has 1 atom stereocenters. The van der Waals surface area contributed by atoms with E-state index in [1.54, 1.807) is 37.3 Å². The van der Waals surface area contributed by atoms with Crippen molar-refractivity contribution in [2.45, 2.75) is 30.7 Å². The lowest BCUT2D eigenvalue weighted by Crippen LogP contribution is -2.31. The summed E-state index contributed by atoms with van der Waals surface area (Å²) < 4.78 is 31.8. The van der Waals surface area contributed by atoms with Crippen LogP contribution >= 0.6 is 0 Å². The Morgan fingerprint density at radius 2 is 2.05 bits per heavy atom. The summed E-state index contributed by atoms with van der Waals surface area (Å²) in [6.07, 6.45) is 1.51. The van der Waals surface area contributed by atoms with Crippen LogP contribution in [0.25, 0.3) is 0 Å². The zero-order valence-electron chi connectivity index (χ0n) is 11.1. The van der Waals surface area contributed by atoms with Gasteiger partial charge in [-0.1, -0.05) is 23.4 Å². The molecule has 20 heavy (non-hydrogen) atoms. The van der Waals surface area contributed by atoms with Crippen LogP contribution in [0, 0.1) is 6.92 Å². The van der Waals surface area contributed by atoms with Crippen molar-refractivity contribution in [1.29, 1.82) is 0 Å². The maximum Gasteiger partial charge on any atom is 0.243 e. The predicted octanol–water partition coefficient (Wildman–Crippen LogP) is 1.90. The lowest BCUT2D eigenvalue weighted by atomic mass is 10.2. The van der Waals surface area contributed by atoms with Crippen LogP contribution in [0.15, 0.2) is 39.8 Å². The molecule has 0 spiro atoms. The van der Waals surface area contributed by atoms with Gasteiger partial charge in [-0.15, -0.1) is 0 Å². The molecular formula is C13H15N3O3S. The van der Waals surface area contributed by atoms with Crippen molar-refractivity contribution in [2.24, 2.45) is 0 Å². The van der Waals surface area contributed by atoms with Crippen molar-refractivity contribution < 1.29 is 12.9 Å². The van der Waals surface area contributed by atoms with Crippen molar-refractivity contribution in [2.75, 3.05) is 6.54 Å². The van der Waals surface area contributed by atoms with Gasteiger partial charge >= 0.3 is 0 Å². The molecule has 106 valence electrons. The molecule has 1 aromatic heterocycles. The molecule has 0 saturated carbocycles. The number of aryl methyl sites for hydroxylation is 1. The van der Waals surface area contributed by atoms with Gasteiger partial charge in [-0.05, 0) is 25.0 Å². The predicted molar refractivity (Wildman–Crippen MR) is 71.3 cm³/mol. The largest absolute Gasteiger partial charge is 0.340 e. The standard InChI is InChI=1S/C13H15N3O3S/c1-10-14-13(15-19-10)12-8-5-9-16(12)20(17,18)11-6-3-2-4-7-11/h2-4,6-7,12H,5,8-9H2,1H3/t12-/m0/s1. The lowest BCUT2D eigenvalue weighted by molar-refractivity contribution is 0.349. The van der Waals surface area contributed by atoms with Crippen LogP contribution in [0.3, 0.4) is 0 Å². The van der Waals surface area contributed by atoms with E-state index in [0.717, 1.165) is 6.42 Å². The number of rotatable bonds is 3. The molecule has 2 heterocycles. The number of hydrogen-bond donors (Lipinski definition) is 0. The molecule has 6 nitrogen and oxygen atoms in total. The number of sulfonamides is 1. The third-order valence-electron chi connectivity index (χ3n) is 3.39. The van der Waals surface area contributed by atoms with E-state index < -0.39 is 10.0 Å². The van der Waals surface area contributed by atoms with E-state index in [2.05, 4.69) is 10.1 Å². The van der Waals surface area contributed by atoms with Crippen LogP contribution in [-0.4, -0.2) is 29.4 Å². The monoisotopic (exact) mass is 293 g/mol. The Kier molecular flexibility index (Phi) is 3.31. The van der Waals surface area contributed by atoms with E-state index in [1.807, 2.05) is 0 Å². The van der Waals surface area contributed by atoms with E-state index in [9.17, 15) is 8.42 Å². The second-order valence-electron chi connectivity index (χ2n) is 4.76. The van der Waals surface area contributed by atoms with Gasteiger partial charge in [-0.25, -0.2) is 8.42 Å². The van der Waals surface area contributed by atoms with E-state index in [1.165, 1.54) is 4.31 Å². The van der Waals surface area contributed by atoms with Gasteiger partial charge in [0.2, 0.25) is 15.9 Å². The topological polar surface area (TPSA) is 76.3 Å². The van der Waals surface area contributed by atoms with Gasteiger partial charge in [0, 0.05) is 13.5 Å². The van der Waals surface area contributed by atoms with Gasteiger partial charge in [0.05, 0.1) is 10.9 Å². The van der Waals surface area contributed by atoms with Gasteiger partial charge in [-0.2, -0.15) is 9.29 Å². The minimum Gasteiger partial charge on any atom is -0.340 e. The number of aromatic nitrogens is 2. The summed E-state index contributed by atoms with van der Waals surface area (Å²) in [5, 5.41) is 3.86. The lowest BCUT2D eigenvalue weighted by Gasteiger charge is -2.21. The molecule has 7 heteroatoms. The highest BCUT2D eigenvalue weighted by molar-refractivity contribution is 7.89.